The third-order valence-electron chi connectivity index (χ3n) is 3.63. The van der Waals surface area contributed by atoms with Crippen LogP contribution < -0.4 is 15.4 Å². The standard InChI is InChI=1S/C16H24N4O3/c1-2-17-16(22)19-13-7-8-14(18-11-13)23-12-15(21)20-9-5-3-4-6-10-20/h7-8,11H,2-6,9-10,12H2,1H3,(H2,17,19,22). The quantitative estimate of drug-likeness (QED) is 0.869. The molecule has 0 aromatic carbocycles. The van der Waals surface area contributed by atoms with Crippen LogP contribution in [-0.2, 0) is 4.79 Å². The van der Waals surface area contributed by atoms with E-state index >= 15 is 0 Å². The number of likely N-dealkylation sites (tertiary alicyclic amines) is 1. The normalized spacial score (nSPS) is 14.7. The molecule has 1 aliphatic heterocycles. The molecule has 0 saturated carbocycles. The number of hydrogen-bond donors (Lipinski definition) is 2. The minimum Gasteiger partial charge on any atom is -0.468 e. The van der Waals surface area contributed by atoms with E-state index in [0.29, 0.717) is 18.1 Å². The van der Waals surface area contributed by atoms with E-state index in [0.717, 1.165) is 25.9 Å². The summed E-state index contributed by atoms with van der Waals surface area (Å²) in [5.41, 5.74) is 0.571. The summed E-state index contributed by atoms with van der Waals surface area (Å²) in [4.78, 5) is 29.5. The van der Waals surface area contributed by atoms with Gasteiger partial charge in [-0.2, -0.15) is 0 Å². The van der Waals surface area contributed by atoms with Gasteiger partial charge in [0.2, 0.25) is 5.88 Å². The van der Waals surface area contributed by atoms with Crippen molar-refractivity contribution in [1.82, 2.24) is 15.2 Å². The van der Waals surface area contributed by atoms with Crippen LogP contribution in [0.25, 0.3) is 0 Å². The predicted octanol–water partition coefficient (Wildman–Crippen LogP) is 2.00. The van der Waals surface area contributed by atoms with E-state index in [1.807, 2.05) is 11.8 Å². The maximum absolute atomic E-state index is 12.1. The molecule has 1 saturated heterocycles. The number of carbonyl (C=O) groups excluding carboxylic acids is 2. The van der Waals surface area contributed by atoms with Gasteiger partial charge < -0.3 is 20.3 Å². The number of aromatic nitrogens is 1. The highest BCUT2D eigenvalue weighted by molar-refractivity contribution is 5.88. The summed E-state index contributed by atoms with van der Waals surface area (Å²) in [6.07, 6.45) is 5.99. The molecule has 23 heavy (non-hydrogen) atoms. The van der Waals surface area contributed by atoms with Crippen LogP contribution in [0.1, 0.15) is 32.6 Å². The second kappa shape index (κ2) is 8.97. The molecule has 1 fully saturated rings. The van der Waals surface area contributed by atoms with Gasteiger partial charge in [0, 0.05) is 25.7 Å². The van der Waals surface area contributed by atoms with Crippen LogP contribution in [0.4, 0.5) is 10.5 Å². The molecule has 7 heteroatoms. The molecule has 0 bridgehead atoms. The highest BCUT2D eigenvalue weighted by Gasteiger charge is 2.16. The molecule has 0 unspecified atom stereocenters. The third kappa shape index (κ3) is 5.77. The Morgan fingerprint density at radius 3 is 2.57 bits per heavy atom. The van der Waals surface area contributed by atoms with Crippen LogP contribution in [-0.4, -0.2) is 48.1 Å². The van der Waals surface area contributed by atoms with Gasteiger partial charge in [0.05, 0.1) is 11.9 Å². The first kappa shape index (κ1) is 17.1. The van der Waals surface area contributed by atoms with Crippen LogP contribution in [0.2, 0.25) is 0 Å². The van der Waals surface area contributed by atoms with E-state index in [-0.39, 0.29) is 18.5 Å². The monoisotopic (exact) mass is 320 g/mol. The summed E-state index contributed by atoms with van der Waals surface area (Å²) in [6.45, 7) is 4.02. The summed E-state index contributed by atoms with van der Waals surface area (Å²) in [5.74, 6) is 0.368. The van der Waals surface area contributed by atoms with Crippen molar-refractivity contribution in [3.63, 3.8) is 0 Å². The van der Waals surface area contributed by atoms with Crippen molar-refractivity contribution in [3.8, 4) is 5.88 Å². The van der Waals surface area contributed by atoms with E-state index < -0.39 is 0 Å². The molecule has 2 rings (SSSR count). The molecule has 1 aliphatic rings. The Morgan fingerprint density at radius 2 is 1.96 bits per heavy atom. The molecule has 1 aromatic heterocycles. The number of ether oxygens (including phenoxy) is 1. The zero-order chi connectivity index (χ0) is 16.5. The summed E-state index contributed by atoms with van der Waals surface area (Å²) in [5, 5.41) is 5.28. The molecule has 2 N–H and O–H groups in total. The molecule has 0 aliphatic carbocycles. The summed E-state index contributed by atoms with van der Waals surface area (Å²) in [7, 11) is 0. The van der Waals surface area contributed by atoms with Gasteiger partial charge in [0.1, 0.15) is 0 Å². The SMILES string of the molecule is CCNC(=O)Nc1ccc(OCC(=O)N2CCCCCC2)nc1. The molecule has 0 radical (unpaired) electrons. The fraction of sp³-hybridized carbons (Fsp3) is 0.562. The molecule has 0 atom stereocenters. The van der Waals surface area contributed by atoms with Crippen LogP contribution in [0.5, 0.6) is 5.88 Å². The van der Waals surface area contributed by atoms with Crippen molar-refractivity contribution in [2.24, 2.45) is 0 Å². The van der Waals surface area contributed by atoms with E-state index in [2.05, 4.69) is 15.6 Å². The zero-order valence-corrected chi connectivity index (χ0v) is 13.5. The average Bonchev–Trinajstić information content (AvgIpc) is 2.83. The summed E-state index contributed by atoms with van der Waals surface area (Å²) >= 11 is 0. The van der Waals surface area contributed by atoms with Gasteiger partial charge >= 0.3 is 6.03 Å². The lowest BCUT2D eigenvalue weighted by Gasteiger charge is -2.20. The lowest BCUT2D eigenvalue weighted by Crippen LogP contribution is -2.35. The minimum absolute atomic E-state index is 0.00164. The Balaban J connectivity index is 1.79. The van der Waals surface area contributed by atoms with E-state index in [1.165, 1.54) is 19.0 Å². The smallest absolute Gasteiger partial charge is 0.319 e. The predicted molar refractivity (Wildman–Crippen MR) is 87.5 cm³/mol. The number of anilines is 1. The topological polar surface area (TPSA) is 83.6 Å². The number of amides is 3. The lowest BCUT2D eigenvalue weighted by molar-refractivity contribution is -0.133. The molecule has 3 amide bonds. The maximum Gasteiger partial charge on any atom is 0.319 e. The van der Waals surface area contributed by atoms with Gasteiger partial charge in [-0.1, -0.05) is 12.8 Å². The van der Waals surface area contributed by atoms with Gasteiger partial charge in [-0.15, -0.1) is 0 Å². The van der Waals surface area contributed by atoms with Crippen molar-refractivity contribution in [1.29, 1.82) is 0 Å². The Hall–Kier alpha value is -2.31. The fourth-order valence-corrected chi connectivity index (χ4v) is 2.42. The van der Waals surface area contributed by atoms with E-state index in [4.69, 9.17) is 4.74 Å². The van der Waals surface area contributed by atoms with Crippen LogP contribution in [0, 0.1) is 0 Å². The number of carbonyl (C=O) groups is 2. The first-order valence-electron chi connectivity index (χ1n) is 8.10. The maximum atomic E-state index is 12.1. The number of pyridine rings is 1. The average molecular weight is 320 g/mol. The Labute approximate surface area is 136 Å². The van der Waals surface area contributed by atoms with Gasteiger partial charge in [-0.25, -0.2) is 9.78 Å². The van der Waals surface area contributed by atoms with Crippen molar-refractivity contribution in [3.05, 3.63) is 18.3 Å². The second-order valence-corrected chi connectivity index (χ2v) is 5.45. The molecule has 0 spiro atoms. The fourth-order valence-electron chi connectivity index (χ4n) is 2.42. The Kier molecular flexibility index (Phi) is 6.65. The van der Waals surface area contributed by atoms with E-state index in [1.54, 1.807) is 12.1 Å². The largest absolute Gasteiger partial charge is 0.468 e. The lowest BCUT2D eigenvalue weighted by atomic mass is 10.2. The number of urea groups is 1. The zero-order valence-electron chi connectivity index (χ0n) is 13.5. The minimum atomic E-state index is -0.278. The van der Waals surface area contributed by atoms with Gasteiger partial charge in [-0.05, 0) is 25.8 Å². The second-order valence-electron chi connectivity index (χ2n) is 5.45. The molecule has 126 valence electrons. The molecular formula is C16H24N4O3. The molecule has 7 nitrogen and oxygen atoms in total. The van der Waals surface area contributed by atoms with Crippen LogP contribution >= 0.6 is 0 Å². The summed E-state index contributed by atoms with van der Waals surface area (Å²) < 4.78 is 5.44. The van der Waals surface area contributed by atoms with Crippen molar-refractivity contribution < 1.29 is 14.3 Å². The van der Waals surface area contributed by atoms with E-state index in [9.17, 15) is 9.59 Å². The first-order valence-corrected chi connectivity index (χ1v) is 8.10. The third-order valence-corrected chi connectivity index (χ3v) is 3.63. The van der Waals surface area contributed by atoms with Gasteiger partial charge in [-0.3, -0.25) is 4.79 Å². The number of nitrogens with one attached hydrogen (secondary N) is 2. The van der Waals surface area contributed by atoms with Gasteiger partial charge in [0.25, 0.3) is 5.91 Å². The Bertz CT molecular complexity index is 511. The van der Waals surface area contributed by atoms with Crippen molar-refractivity contribution in [2.75, 3.05) is 31.6 Å². The van der Waals surface area contributed by atoms with Gasteiger partial charge in [0.15, 0.2) is 6.61 Å². The van der Waals surface area contributed by atoms with Crippen LogP contribution in [0.3, 0.4) is 0 Å². The van der Waals surface area contributed by atoms with Crippen molar-refractivity contribution >= 4 is 17.6 Å². The van der Waals surface area contributed by atoms with Crippen LogP contribution in [0.15, 0.2) is 18.3 Å². The van der Waals surface area contributed by atoms with Crippen molar-refractivity contribution in [2.45, 2.75) is 32.6 Å². The number of nitrogens with zero attached hydrogens (tertiary/aromatic N) is 2. The Morgan fingerprint density at radius 1 is 1.22 bits per heavy atom. The highest BCUT2D eigenvalue weighted by atomic mass is 16.5. The highest BCUT2D eigenvalue weighted by Crippen LogP contribution is 2.13. The molecule has 2 heterocycles. The number of rotatable bonds is 5. The molecular weight excluding hydrogens is 296 g/mol. The first-order chi connectivity index (χ1) is 11.2. The number of hydrogen-bond acceptors (Lipinski definition) is 4. The molecule has 1 aromatic rings. The summed E-state index contributed by atoms with van der Waals surface area (Å²) in [6, 6.07) is 3.05.